The predicted molar refractivity (Wildman–Crippen MR) is 97.0 cm³/mol. The zero-order valence-corrected chi connectivity index (χ0v) is 14.6. The Morgan fingerprint density at radius 3 is 2.59 bits per heavy atom. The molecule has 27 heavy (non-hydrogen) atoms. The van der Waals surface area contributed by atoms with E-state index in [1.165, 1.54) is 23.2 Å². The average Bonchev–Trinajstić information content (AvgIpc) is 3.25. The second-order valence-corrected chi connectivity index (χ2v) is 6.17. The first kappa shape index (κ1) is 17.0. The fourth-order valence-electron chi connectivity index (χ4n) is 2.98. The van der Waals surface area contributed by atoms with Crippen LogP contribution in [0.2, 0.25) is 0 Å². The summed E-state index contributed by atoms with van der Waals surface area (Å²) < 4.78 is 6.63. The Morgan fingerprint density at radius 2 is 1.93 bits per heavy atom. The van der Waals surface area contributed by atoms with Crippen LogP contribution in [0.1, 0.15) is 0 Å². The molecule has 138 valence electrons. The lowest BCUT2D eigenvalue weighted by atomic mass is 10.2. The number of carbonyl (C=O) groups is 1. The van der Waals surface area contributed by atoms with Crippen molar-refractivity contribution in [1.82, 2.24) is 24.6 Å². The van der Waals surface area contributed by atoms with Gasteiger partial charge in [-0.15, -0.1) is 10.2 Å². The van der Waals surface area contributed by atoms with E-state index in [-0.39, 0.29) is 18.0 Å². The smallest absolute Gasteiger partial charge is 0.253 e. The summed E-state index contributed by atoms with van der Waals surface area (Å²) in [6, 6.07) is 8.75. The summed E-state index contributed by atoms with van der Waals surface area (Å²) >= 11 is 0. The fourth-order valence-corrected chi connectivity index (χ4v) is 2.98. The van der Waals surface area contributed by atoms with E-state index in [1.807, 2.05) is 18.2 Å². The minimum atomic E-state index is -0.232. The van der Waals surface area contributed by atoms with Gasteiger partial charge in [0.25, 0.3) is 5.56 Å². The van der Waals surface area contributed by atoms with Crippen molar-refractivity contribution in [3.63, 3.8) is 0 Å². The van der Waals surface area contributed by atoms with Gasteiger partial charge in [0.05, 0.1) is 12.6 Å². The summed E-state index contributed by atoms with van der Waals surface area (Å²) in [6.07, 6.45) is 4.40. The van der Waals surface area contributed by atoms with Crippen molar-refractivity contribution < 1.29 is 9.21 Å². The quantitative estimate of drug-likeness (QED) is 0.668. The molecule has 1 amide bonds. The molecule has 4 heterocycles. The molecule has 0 spiro atoms. The van der Waals surface area contributed by atoms with Gasteiger partial charge in [-0.2, -0.15) is 0 Å². The molecule has 4 rings (SSSR count). The van der Waals surface area contributed by atoms with Crippen LogP contribution in [-0.4, -0.2) is 56.7 Å². The molecule has 0 bridgehead atoms. The number of piperazine rings is 1. The van der Waals surface area contributed by atoms with E-state index in [9.17, 15) is 9.59 Å². The highest BCUT2D eigenvalue weighted by molar-refractivity contribution is 5.76. The number of hydrogen-bond donors (Lipinski definition) is 0. The minimum Gasteiger partial charge on any atom is -0.463 e. The summed E-state index contributed by atoms with van der Waals surface area (Å²) in [7, 11) is 0. The fraction of sp³-hybridized carbons (Fsp3) is 0.278. The van der Waals surface area contributed by atoms with E-state index >= 15 is 0 Å². The molecule has 1 aliphatic heterocycles. The standard InChI is InChI=1S/C18H18N6O3/c25-17-5-6-19-13-24(17)12-18(26)23-9-7-22(8-10-23)16-4-3-14(20-21-16)15-2-1-11-27-15/h1-6,11,13H,7-10,12H2. The monoisotopic (exact) mass is 366 g/mol. The first-order valence-corrected chi connectivity index (χ1v) is 8.61. The SMILES string of the molecule is O=C(Cn1cnccc1=O)N1CCN(c2ccc(-c3ccco3)nn2)CC1. The van der Waals surface area contributed by atoms with Crippen LogP contribution in [0, 0.1) is 0 Å². The zero-order chi connectivity index (χ0) is 18.6. The van der Waals surface area contributed by atoms with Gasteiger partial charge in [-0.25, -0.2) is 4.98 Å². The van der Waals surface area contributed by atoms with Crippen LogP contribution in [-0.2, 0) is 11.3 Å². The van der Waals surface area contributed by atoms with E-state index < -0.39 is 0 Å². The summed E-state index contributed by atoms with van der Waals surface area (Å²) in [4.78, 5) is 31.8. The number of rotatable bonds is 4. The molecular formula is C18H18N6O3. The minimum absolute atomic E-state index is 0.00429. The third-order valence-corrected chi connectivity index (χ3v) is 4.48. The lowest BCUT2D eigenvalue weighted by Gasteiger charge is -2.35. The van der Waals surface area contributed by atoms with Crippen LogP contribution in [0.3, 0.4) is 0 Å². The van der Waals surface area contributed by atoms with Crippen LogP contribution in [0.25, 0.3) is 11.5 Å². The second-order valence-electron chi connectivity index (χ2n) is 6.17. The lowest BCUT2D eigenvalue weighted by molar-refractivity contribution is -0.132. The molecule has 0 saturated carbocycles. The Hall–Kier alpha value is -3.49. The van der Waals surface area contributed by atoms with Crippen molar-refractivity contribution in [2.45, 2.75) is 6.54 Å². The third kappa shape index (κ3) is 3.71. The van der Waals surface area contributed by atoms with Crippen molar-refractivity contribution >= 4 is 11.7 Å². The summed E-state index contributed by atoms with van der Waals surface area (Å²) in [6.45, 7) is 2.44. The summed E-state index contributed by atoms with van der Waals surface area (Å²) in [5.41, 5.74) is 0.448. The van der Waals surface area contributed by atoms with Gasteiger partial charge in [0.15, 0.2) is 11.6 Å². The molecule has 0 aliphatic carbocycles. The first-order valence-electron chi connectivity index (χ1n) is 8.61. The molecule has 9 nitrogen and oxygen atoms in total. The van der Waals surface area contributed by atoms with Gasteiger partial charge in [-0.05, 0) is 24.3 Å². The molecule has 0 atom stereocenters. The van der Waals surface area contributed by atoms with E-state index in [2.05, 4.69) is 20.1 Å². The van der Waals surface area contributed by atoms with E-state index in [0.29, 0.717) is 37.6 Å². The summed E-state index contributed by atoms with van der Waals surface area (Å²) in [5.74, 6) is 1.35. The predicted octanol–water partition coefficient (Wildman–Crippen LogP) is 0.642. The van der Waals surface area contributed by atoms with Crippen LogP contribution in [0.5, 0.6) is 0 Å². The number of aromatic nitrogens is 4. The number of carbonyl (C=O) groups excluding carboxylic acids is 1. The van der Waals surface area contributed by atoms with Crippen LogP contribution >= 0.6 is 0 Å². The van der Waals surface area contributed by atoms with Crippen LogP contribution in [0.15, 0.2) is 58.3 Å². The van der Waals surface area contributed by atoms with Crippen LogP contribution < -0.4 is 10.5 Å². The molecule has 1 saturated heterocycles. The number of nitrogens with zero attached hydrogens (tertiary/aromatic N) is 6. The van der Waals surface area contributed by atoms with Gasteiger partial charge in [0, 0.05) is 38.4 Å². The van der Waals surface area contributed by atoms with Crippen LogP contribution in [0.4, 0.5) is 5.82 Å². The number of anilines is 1. The van der Waals surface area contributed by atoms with Gasteiger partial charge in [0.1, 0.15) is 12.2 Å². The Kier molecular flexibility index (Phi) is 4.65. The second kappa shape index (κ2) is 7.40. The molecule has 1 fully saturated rings. The Bertz CT molecular complexity index is 959. The lowest BCUT2D eigenvalue weighted by Crippen LogP contribution is -2.50. The molecule has 3 aromatic rings. The third-order valence-electron chi connectivity index (χ3n) is 4.48. The maximum atomic E-state index is 12.4. The molecule has 0 radical (unpaired) electrons. The number of furan rings is 1. The van der Waals surface area contributed by atoms with Crippen molar-refractivity contribution in [2.75, 3.05) is 31.1 Å². The Balaban J connectivity index is 1.35. The Morgan fingerprint density at radius 1 is 1.07 bits per heavy atom. The van der Waals surface area contributed by atoms with Gasteiger partial charge in [-0.3, -0.25) is 14.2 Å². The van der Waals surface area contributed by atoms with E-state index in [0.717, 1.165) is 5.82 Å². The average molecular weight is 366 g/mol. The van der Waals surface area contributed by atoms with Gasteiger partial charge < -0.3 is 14.2 Å². The van der Waals surface area contributed by atoms with Gasteiger partial charge >= 0.3 is 0 Å². The van der Waals surface area contributed by atoms with E-state index in [1.54, 1.807) is 17.2 Å². The highest BCUT2D eigenvalue weighted by atomic mass is 16.3. The molecular weight excluding hydrogens is 348 g/mol. The normalized spacial score (nSPS) is 14.4. The number of hydrogen-bond acceptors (Lipinski definition) is 7. The Labute approximate surface area is 154 Å². The maximum Gasteiger partial charge on any atom is 0.253 e. The van der Waals surface area contributed by atoms with E-state index in [4.69, 9.17) is 4.42 Å². The molecule has 9 heteroatoms. The maximum absolute atomic E-state index is 12.4. The zero-order valence-electron chi connectivity index (χ0n) is 14.6. The molecule has 0 unspecified atom stereocenters. The summed E-state index contributed by atoms with van der Waals surface area (Å²) in [5, 5.41) is 8.47. The molecule has 3 aromatic heterocycles. The molecule has 0 N–H and O–H groups in total. The van der Waals surface area contributed by atoms with Crippen molar-refractivity contribution in [2.24, 2.45) is 0 Å². The van der Waals surface area contributed by atoms with Crippen molar-refractivity contribution in [3.8, 4) is 11.5 Å². The first-order chi connectivity index (χ1) is 13.2. The number of amides is 1. The largest absolute Gasteiger partial charge is 0.463 e. The topological polar surface area (TPSA) is 97.4 Å². The van der Waals surface area contributed by atoms with Gasteiger partial charge in [-0.1, -0.05) is 0 Å². The van der Waals surface area contributed by atoms with Crippen molar-refractivity contribution in [1.29, 1.82) is 0 Å². The van der Waals surface area contributed by atoms with Crippen molar-refractivity contribution in [3.05, 3.63) is 59.5 Å². The highest BCUT2D eigenvalue weighted by Gasteiger charge is 2.22. The highest BCUT2D eigenvalue weighted by Crippen LogP contribution is 2.19. The molecule has 1 aliphatic rings. The molecule has 0 aromatic carbocycles. The van der Waals surface area contributed by atoms with Gasteiger partial charge in [0.2, 0.25) is 5.91 Å².